The SMILES string of the molecule is CN1C2CCC1CC(N1CCN(CCCCC3CCOCC3)CC1)C2. The van der Waals surface area contributed by atoms with Crippen LogP contribution in [0.15, 0.2) is 0 Å². The lowest BCUT2D eigenvalue weighted by Gasteiger charge is -2.45. The van der Waals surface area contributed by atoms with Crippen LogP contribution >= 0.6 is 0 Å². The van der Waals surface area contributed by atoms with Gasteiger partial charge < -0.3 is 14.5 Å². The first-order chi connectivity index (χ1) is 12.3. The summed E-state index contributed by atoms with van der Waals surface area (Å²) < 4.78 is 5.47. The van der Waals surface area contributed by atoms with Crippen LogP contribution in [-0.2, 0) is 4.74 Å². The molecule has 2 atom stereocenters. The van der Waals surface area contributed by atoms with Gasteiger partial charge in [-0.3, -0.25) is 4.90 Å². The van der Waals surface area contributed by atoms with Crippen LogP contribution in [0.2, 0.25) is 0 Å². The zero-order chi connectivity index (χ0) is 17.1. The Hall–Kier alpha value is -0.160. The first-order valence-corrected chi connectivity index (χ1v) is 11.1. The molecule has 0 radical (unpaired) electrons. The molecule has 4 heteroatoms. The van der Waals surface area contributed by atoms with Gasteiger partial charge in [-0.2, -0.15) is 0 Å². The molecule has 4 heterocycles. The average molecular weight is 350 g/mol. The minimum absolute atomic E-state index is 0.879. The largest absolute Gasteiger partial charge is 0.381 e. The van der Waals surface area contributed by atoms with Crippen LogP contribution in [0.1, 0.15) is 57.8 Å². The Kier molecular flexibility index (Phi) is 6.33. The van der Waals surface area contributed by atoms with Crippen molar-refractivity contribution in [2.45, 2.75) is 75.9 Å². The molecule has 0 aromatic rings. The lowest BCUT2D eigenvalue weighted by molar-refractivity contribution is 0.0389. The highest BCUT2D eigenvalue weighted by molar-refractivity contribution is 4.97. The number of rotatable bonds is 6. The van der Waals surface area contributed by atoms with Gasteiger partial charge in [0.15, 0.2) is 0 Å². The van der Waals surface area contributed by atoms with Crippen molar-refractivity contribution in [2.24, 2.45) is 5.92 Å². The van der Waals surface area contributed by atoms with Gasteiger partial charge in [0.1, 0.15) is 0 Å². The summed E-state index contributed by atoms with van der Waals surface area (Å²) in [5.41, 5.74) is 0. The molecular weight excluding hydrogens is 310 g/mol. The van der Waals surface area contributed by atoms with Crippen LogP contribution in [0.3, 0.4) is 0 Å². The first-order valence-electron chi connectivity index (χ1n) is 11.1. The molecule has 4 fully saturated rings. The molecule has 2 bridgehead atoms. The van der Waals surface area contributed by atoms with Gasteiger partial charge in [0, 0.05) is 57.5 Å². The van der Waals surface area contributed by atoms with E-state index in [4.69, 9.17) is 4.74 Å². The van der Waals surface area contributed by atoms with Gasteiger partial charge in [0.05, 0.1) is 0 Å². The van der Waals surface area contributed by atoms with Crippen LogP contribution in [0.25, 0.3) is 0 Å². The summed E-state index contributed by atoms with van der Waals surface area (Å²) in [5, 5.41) is 0. The van der Waals surface area contributed by atoms with E-state index in [1.165, 1.54) is 90.5 Å². The lowest BCUT2D eigenvalue weighted by Crippen LogP contribution is -2.55. The predicted octanol–water partition coefficient (Wildman–Crippen LogP) is 2.83. The Labute approximate surface area is 154 Å². The van der Waals surface area contributed by atoms with Crippen LogP contribution in [0.5, 0.6) is 0 Å². The molecule has 4 nitrogen and oxygen atoms in total. The van der Waals surface area contributed by atoms with Gasteiger partial charge >= 0.3 is 0 Å². The summed E-state index contributed by atoms with van der Waals surface area (Å²) in [6, 6.07) is 2.64. The Morgan fingerprint density at radius 2 is 1.48 bits per heavy atom. The van der Waals surface area contributed by atoms with Crippen molar-refractivity contribution in [3.05, 3.63) is 0 Å². The topological polar surface area (TPSA) is 19.0 Å². The number of hydrogen-bond acceptors (Lipinski definition) is 4. The monoisotopic (exact) mass is 349 g/mol. The number of ether oxygens (including phenoxy) is 1. The molecule has 0 amide bonds. The van der Waals surface area contributed by atoms with Gasteiger partial charge in [0.2, 0.25) is 0 Å². The Bertz CT molecular complexity index is 390. The Morgan fingerprint density at radius 3 is 2.16 bits per heavy atom. The maximum absolute atomic E-state index is 5.47. The molecule has 4 rings (SSSR count). The zero-order valence-electron chi connectivity index (χ0n) is 16.4. The molecule has 0 aliphatic carbocycles. The quantitative estimate of drug-likeness (QED) is 0.686. The fourth-order valence-electron chi connectivity index (χ4n) is 5.84. The Morgan fingerprint density at radius 1 is 0.800 bits per heavy atom. The lowest BCUT2D eigenvalue weighted by atomic mass is 9.94. The van der Waals surface area contributed by atoms with Crippen molar-refractivity contribution in [2.75, 3.05) is 53.0 Å². The number of piperidine rings is 1. The fourth-order valence-corrected chi connectivity index (χ4v) is 5.84. The van der Waals surface area contributed by atoms with E-state index >= 15 is 0 Å². The first kappa shape index (κ1) is 18.2. The van der Waals surface area contributed by atoms with Crippen LogP contribution in [0.4, 0.5) is 0 Å². The second kappa shape index (κ2) is 8.69. The molecule has 4 aliphatic rings. The second-order valence-corrected chi connectivity index (χ2v) is 9.10. The molecule has 144 valence electrons. The number of nitrogens with zero attached hydrogens (tertiary/aromatic N) is 3. The number of piperazine rings is 1. The van der Waals surface area contributed by atoms with Crippen molar-refractivity contribution >= 4 is 0 Å². The minimum Gasteiger partial charge on any atom is -0.381 e. The van der Waals surface area contributed by atoms with Crippen molar-refractivity contribution in [3.63, 3.8) is 0 Å². The highest BCUT2D eigenvalue weighted by Gasteiger charge is 2.40. The molecule has 4 saturated heterocycles. The van der Waals surface area contributed by atoms with E-state index < -0.39 is 0 Å². The van der Waals surface area contributed by atoms with Gasteiger partial charge in [-0.25, -0.2) is 0 Å². The summed E-state index contributed by atoms with van der Waals surface area (Å²) in [4.78, 5) is 8.23. The van der Waals surface area contributed by atoms with E-state index in [1.54, 1.807) is 0 Å². The molecule has 4 aliphatic heterocycles. The summed E-state index contributed by atoms with van der Waals surface area (Å²) in [7, 11) is 2.36. The van der Waals surface area contributed by atoms with E-state index in [0.717, 1.165) is 37.3 Å². The number of hydrogen-bond donors (Lipinski definition) is 0. The van der Waals surface area contributed by atoms with Crippen LogP contribution in [0, 0.1) is 5.92 Å². The molecule has 0 aromatic heterocycles. The maximum Gasteiger partial charge on any atom is 0.0468 e. The Balaban J connectivity index is 1.11. The minimum atomic E-state index is 0.879. The summed E-state index contributed by atoms with van der Waals surface area (Å²) in [6.07, 6.45) is 12.6. The molecule has 0 N–H and O–H groups in total. The van der Waals surface area contributed by atoms with Crippen LogP contribution < -0.4 is 0 Å². The second-order valence-electron chi connectivity index (χ2n) is 9.10. The van der Waals surface area contributed by atoms with Gasteiger partial charge in [-0.1, -0.05) is 12.8 Å². The van der Waals surface area contributed by atoms with Crippen molar-refractivity contribution in [1.29, 1.82) is 0 Å². The molecule has 2 unspecified atom stereocenters. The number of unbranched alkanes of at least 4 members (excludes halogenated alkanes) is 1. The van der Waals surface area contributed by atoms with E-state index in [2.05, 4.69) is 21.7 Å². The normalized spacial score (nSPS) is 36.1. The number of fused-ring (bicyclic) bond motifs is 2. The smallest absolute Gasteiger partial charge is 0.0468 e. The summed E-state index contributed by atoms with van der Waals surface area (Å²) in [5.74, 6) is 0.949. The zero-order valence-corrected chi connectivity index (χ0v) is 16.4. The van der Waals surface area contributed by atoms with E-state index in [-0.39, 0.29) is 0 Å². The molecule has 0 saturated carbocycles. The molecule has 25 heavy (non-hydrogen) atoms. The van der Waals surface area contributed by atoms with Crippen molar-refractivity contribution < 1.29 is 4.74 Å². The molecule has 0 aromatic carbocycles. The standard InChI is InChI=1S/C21H39N3O/c1-22-19-5-6-20(22)17-21(16-19)24-12-10-23(11-13-24)9-3-2-4-18-7-14-25-15-8-18/h18-21H,2-17H2,1H3. The molecule has 0 spiro atoms. The predicted molar refractivity (Wildman–Crippen MR) is 103 cm³/mol. The van der Waals surface area contributed by atoms with Gasteiger partial charge in [-0.05, 0) is 64.5 Å². The van der Waals surface area contributed by atoms with Gasteiger partial charge in [-0.15, -0.1) is 0 Å². The average Bonchev–Trinajstić information content (AvgIpc) is 2.86. The summed E-state index contributed by atoms with van der Waals surface area (Å²) in [6.45, 7) is 8.58. The summed E-state index contributed by atoms with van der Waals surface area (Å²) >= 11 is 0. The van der Waals surface area contributed by atoms with Crippen molar-refractivity contribution in [3.8, 4) is 0 Å². The molecular formula is C21H39N3O. The maximum atomic E-state index is 5.47. The third kappa shape index (κ3) is 4.58. The third-order valence-corrected chi connectivity index (χ3v) is 7.67. The van der Waals surface area contributed by atoms with E-state index in [9.17, 15) is 0 Å². The van der Waals surface area contributed by atoms with Gasteiger partial charge in [0.25, 0.3) is 0 Å². The van der Waals surface area contributed by atoms with Crippen LogP contribution in [-0.4, -0.2) is 85.8 Å². The van der Waals surface area contributed by atoms with E-state index in [1.807, 2.05) is 0 Å². The fraction of sp³-hybridized carbons (Fsp3) is 1.00. The van der Waals surface area contributed by atoms with E-state index in [0.29, 0.717) is 0 Å². The highest BCUT2D eigenvalue weighted by Crippen LogP contribution is 2.36. The van der Waals surface area contributed by atoms with Crippen molar-refractivity contribution in [1.82, 2.24) is 14.7 Å². The third-order valence-electron chi connectivity index (χ3n) is 7.67. The highest BCUT2D eigenvalue weighted by atomic mass is 16.5.